The number of hydrogen-bond acceptors (Lipinski definition) is 4. The lowest BCUT2D eigenvalue weighted by Gasteiger charge is -2.06. The molecule has 1 aromatic carbocycles. The van der Waals surface area contributed by atoms with Crippen LogP contribution in [0.5, 0.6) is 0 Å². The minimum Gasteiger partial charge on any atom is -0.360 e. The summed E-state index contributed by atoms with van der Waals surface area (Å²) >= 11 is 5.51. The Labute approximate surface area is 134 Å². The zero-order valence-electron chi connectivity index (χ0n) is 12.1. The van der Waals surface area contributed by atoms with Gasteiger partial charge in [0.1, 0.15) is 11.6 Å². The minimum atomic E-state index is -0.449. The summed E-state index contributed by atoms with van der Waals surface area (Å²) in [5, 5.41) is 17.1. The Kier molecular flexibility index (Phi) is 7.51. The van der Waals surface area contributed by atoms with Gasteiger partial charge in [-0.2, -0.15) is 5.26 Å². The Morgan fingerprint density at radius 1 is 1.27 bits per heavy atom. The molecule has 3 N–H and O–H groups in total. The largest absolute Gasteiger partial charge is 0.360 e. The van der Waals surface area contributed by atoms with Gasteiger partial charge < -0.3 is 16.0 Å². The van der Waals surface area contributed by atoms with E-state index in [-0.39, 0.29) is 11.5 Å². The van der Waals surface area contributed by atoms with Gasteiger partial charge in [0.15, 0.2) is 0 Å². The van der Waals surface area contributed by atoms with Crippen molar-refractivity contribution in [1.29, 1.82) is 5.26 Å². The number of hydrogen-bond donors (Lipinski definition) is 3. The monoisotopic (exact) mass is 320 g/mol. The van der Waals surface area contributed by atoms with Crippen LogP contribution in [0.15, 0.2) is 36.0 Å². The summed E-state index contributed by atoms with van der Waals surface area (Å²) in [6, 6.07) is 8.71. The number of carbonyl (C=O) groups is 2. The lowest BCUT2D eigenvalue weighted by Crippen LogP contribution is -2.26. The third-order valence-electron chi connectivity index (χ3n) is 2.55. The lowest BCUT2D eigenvalue weighted by atomic mass is 10.2. The molecule has 0 heterocycles. The maximum Gasteiger partial charge on any atom is 0.263 e. The molecule has 6 nitrogen and oxygen atoms in total. The highest BCUT2D eigenvalue weighted by molar-refractivity contribution is 6.17. The van der Waals surface area contributed by atoms with Gasteiger partial charge in [0.05, 0.1) is 0 Å². The zero-order valence-corrected chi connectivity index (χ0v) is 12.9. The number of benzene rings is 1. The first kappa shape index (κ1) is 17.5. The maximum absolute atomic E-state index is 11.7. The van der Waals surface area contributed by atoms with Gasteiger partial charge in [0.25, 0.3) is 5.91 Å². The number of carbonyl (C=O) groups excluding carboxylic acids is 2. The highest BCUT2D eigenvalue weighted by Gasteiger charge is 2.07. The third kappa shape index (κ3) is 6.29. The van der Waals surface area contributed by atoms with Crippen LogP contribution >= 0.6 is 11.6 Å². The fourth-order valence-corrected chi connectivity index (χ4v) is 1.65. The number of nitrogens with one attached hydrogen (secondary N) is 3. The van der Waals surface area contributed by atoms with Gasteiger partial charge in [-0.3, -0.25) is 9.59 Å². The van der Waals surface area contributed by atoms with Crippen molar-refractivity contribution < 1.29 is 9.59 Å². The molecule has 0 aliphatic rings. The molecular weight excluding hydrogens is 304 g/mol. The van der Waals surface area contributed by atoms with E-state index in [2.05, 4.69) is 16.0 Å². The summed E-state index contributed by atoms with van der Waals surface area (Å²) in [5.74, 6) is -0.152. The quantitative estimate of drug-likeness (QED) is 0.311. The van der Waals surface area contributed by atoms with E-state index in [0.29, 0.717) is 30.2 Å². The van der Waals surface area contributed by atoms with E-state index in [4.69, 9.17) is 16.9 Å². The minimum absolute atomic E-state index is 0.0273. The predicted octanol–water partition coefficient (Wildman–Crippen LogP) is 2.21. The van der Waals surface area contributed by atoms with Gasteiger partial charge in [-0.25, -0.2) is 0 Å². The topological polar surface area (TPSA) is 94.0 Å². The zero-order chi connectivity index (χ0) is 16.4. The molecule has 1 aromatic rings. The van der Waals surface area contributed by atoms with Crippen LogP contribution in [0, 0.1) is 11.3 Å². The second kappa shape index (κ2) is 9.42. The first-order chi connectivity index (χ1) is 10.6. The van der Waals surface area contributed by atoms with E-state index in [1.54, 1.807) is 24.3 Å². The lowest BCUT2D eigenvalue weighted by molar-refractivity contribution is -0.117. The Hall–Kier alpha value is -2.52. The summed E-state index contributed by atoms with van der Waals surface area (Å²) in [6.45, 7) is 1.85. The summed E-state index contributed by atoms with van der Waals surface area (Å²) in [5.41, 5.74) is 1.33. The van der Waals surface area contributed by atoms with Crippen LogP contribution in [-0.2, 0) is 9.59 Å². The van der Waals surface area contributed by atoms with Gasteiger partial charge in [-0.1, -0.05) is 0 Å². The first-order valence-electron chi connectivity index (χ1n) is 6.65. The van der Waals surface area contributed by atoms with Crippen LogP contribution in [0.3, 0.4) is 0 Å². The molecular formula is C15H17ClN4O2. The standard InChI is InChI=1S/C15H17ClN4O2/c1-11(21)20-14-5-3-13(4-6-14)19-10-12(9-17)15(22)18-8-2-7-16/h3-6,10,19H,2,7-8H2,1H3,(H,18,22)(H,20,21)/b12-10-. The number of nitrogens with zero attached hydrogens (tertiary/aromatic N) is 1. The number of nitriles is 1. The van der Waals surface area contributed by atoms with E-state index in [1.807, 2.05) is 6.07 Å². The van der Waals surface area contributed by atoms with E-state index in [1.165, 1.54) is 13.1 Å². The van der Waals surface area contributed by atoms with Gasteiger partial charge >= 0.3 is 0 Å². The molecule has 2 amide bonds. The molecule has 0 bridgehead atoms. The summed E-state index contributed by atoms with van der Waals surface area (Å²) in [6.07, 6.45) is 1.98. The molecule has 0 saturated heterocycles. The van der Waals surface area contributed by atoms with Crippen molar-refractivity contribution >= 4 is 34.8 Å². The van der Waals surface area contributed by atoms with E-state index >= 15 is 0 Å². The third-order valence-corrected chi connectivity index (χ3v) is 2.82. The Morgan fingerprint density at radius 2 is 1.91 bits per heavy atom. The van der Waals surface area contributed by atoms with E-state index in [9.17, 15) is 9.59 Å². The highest BCUT2D eigenvalue weighted by Crippen LogP contribution is 2.13. The SMILES string of the molecule is CC(=O)Nc1ccc(N/C=C(/C#N)C(=O)NCCCCl)cc1. The van der Waals surface area contributed by atoms with Gasteiger partial charge in [-0.15, -0.1) is 11.6 Å². The molecule has 22 heavy (non-hydrogen) atoms. The van der Waals surface area contributed by atoms with Gasteiger partial charge in [0.2, 0.25) is 5.91 Å². The van der Waals surface area contributed by atoms with Crippen LogP contribution in [0.2, 0.25) is 0 Å². The molecule has 0 unspecified atom stereocenters. The molecule has 0 radical (unpaired) electrons. The fourth-order valence-electron chi connectivity index (χ4n) is 1.52. The summed E-state index contributed by atoms with van der Waals surface area (Å²) in [7, 11) is 0. The van der Waals surface area contributed by atoms with Crippen molar-refractivity contribution in [3.8, 4) is 6.07 Å². The van der Waals surface area contributed by atoms with Crippen molar-refractivity contribution in [3.05, 3.63) is 36.0 Å². The average Bonchev–Trinajstić information content (AvgIpc) is 2.49. The number of amides is 2. The van der Waals surface area contributed by atoms with E-state index in [0.717, 1.165) is 0 Å². The smallest absolute Gasteiger partial charge is 0.263 e. The van der Waals surface area contributed by atoms with Crippen LogP contribution < -0.4 is 16.0 Å². The van der Waals surface area contributed by atoms with Crippen LogP contribution in [0.1, 0.15) is 13.3 Å². The summed E-state index contributed by atoms with van der Waals surface area (Å²) < 4.78 is 0. The normalized spacial score (nSPS) is 10.5. The number of alkyl halides is 1. The molecule has 1 rings (SSSR count). The number of rotatable bonds is 7. The van der Waals surface area contributed by atoms with Gasteiger partial charge in [-0.05, 0) is 30.7 Å². The fraction of sp³-hybridized carbons (Fsp3) is 0.267. The molecule has 0 fully saturated rings. The second-order valence-electron chi connectivity index (χ2n) is 4.37. The van der Waals surface area contributed by atoms with Crippen molar-refractivity contribution in [2.24, 2.45) is 0 Å². The first-order valence-corrected chi connectivity index (χ1v) is 7.19. The number of anilines is 2. The van der Waals surface area contributed by atoms with Gasteiger partial charge in [0, 0.05) is 36.9 Å². The Bertz CT molecular complexity index is 591. The number of halogens is 1. The average molecular weight is 321 g/mol. The van der Waals surface area contributed by atoms with Crippen LogP contribution in [0.4, 0.5) is 11.4 Å². The predicted molar refractivity (Wildman–Crippen MR) is 86.4 cm³/mol. The molecule has 0 saturated carbocycles. The Balaban J connectivity index is 2.62. The maximum atomic E-state index is 11.7. The van der Waals surface area contributed by atoms with Crippen LogP contribution in [-0.4, -0.2) is 24.2 Å². The van der Waals surface area contributed by atoms with E-state index < -0.39 is 5.91 Å². The van der Waals surface area contributed by atoms with Crippen molar-refractivity contribution in [1.82, 2.24) is 5.32 Å². The van der Waals surface area contributed by atoms with Crippen LogP contribution in [0.25, 0.3) is 0 Å². The Morgan fingerprint density at radius 3 is 2.45 bits per heavy atom. The molecule has 7 heteroatoms. The second-order valence-corrected chi connectivity index (χ2v) is 4.75. The molecule has 0 aliphatic heterocycles. The van der Waals surface area contributed by atoms with Crippen molar-refractivity contribution in [2.75, 3.05) is 23.1 Å². The summed E-state index contributed by atoms with van der Waals surface area (Å²) in [4.78, 5) is 22.6. The molecule has 0 spiro atoms. The van der Waals surface area contributed by atoms with Crippen molar-refractivity contribution in [2.45, 2.75) is 13.3 Å². The highest BCUT2D eigenvalue weighted by atomic mass is 35.5. The molecule has 0 aliphatic carbocycles. The molecule has 0 aromatic heterocycles. The molecule has 116 valence electrons. The van der Waals surface area contributed by atoms with Crippen molar-refractivity contribution in [3.63, 3.8) is 0 Å². The molecule has 0 atom stereocenters.